The molecule has 1 amide bonds. The third-order valence-corrected chi connectivity index (χ3v) is 6.40. The van der Waals surface area contributed by atoms with Crippen molar-refractivity contribution in [2.45, 2.75) is 57.4 Å². The number of allylic oxidation sites excluding steroid dienone is 1. The maximum Gasteiger partial charge on any atom is 0.415 e. The lowest BCUT2D eigenvalue weighted by molar-refractivity contribution is -0.145. The Morgan fingerprint density at radius 3 is 2.54 bits per heavy atom. The third-order valence-electron chi connectivity index (χ3n) is 6.40. The predicted molar refractivity (Wildman–Crippen MR) is 107 cm³/mol. The SMILES string of the molecule is CCOC(=O)[C@@H]1[C@H]2c3ccccc3N(C(=O)OCC)[C@@]12/C=C/C1CCCCC1. The lowest BCUT2D eigenvalue weighted by Gasteiger charge is -2.28. The van der Waals surface area contributed by atoms with E-state index in [9.17, 15) is 9.59 Å². The molecule has 1 aliphatic heterocycles. The highest BCUT2D eigenvalue weighted by Crippen LogP contribution is 2.70. The normalized spacial score (nSPS) is 28.7. The minimum Gasteiger partial charge on any atom is -0.466 e. The number of anilines is 1. The van der Waals surface area contributed by atoms with E-state index in [0.29, 0.717) is 19.1 Å². The van der Waals surface area contributed by atoms with Gasteiger partial charge >= 0.3 is 12.1 Å². The summed E-state index contributed by atoms with van der Waals surface area (Å²) in [7, 11) is 0. The second-order valence-corrected chi connectivity index (χ2v) is 7.95. The maximum atomic E-state index is 12.9. The van der Waals surface area contributed by atoms with Gasteiger partial charge in [-0.1, -0.05) is 49.6 Å². The molecule has 2 saturated carbocycles. The molecule has 150 valence electrons. The van der Waals surface area contributed by atoms with Crippen LogP contribution in [-0.4, -0.2) is 30.8 Å². The van der Waals surface area contributed by atoms with Crippen molar-refractivity contribution in [1.29, 1.82) is 0 Å². The lowest BCUT2D eigenvalue weighted by Crippen LogP contribution is -2.43. The number of hydrogen-bond donors (Lipinski definition) is 0. The summed E-state index contributed by atoms with van der Waals surface area (Å²) in [6.45, 7) is 4.26. The quantitative estimate of drug-likeness (QED) is 0.541. The number of carbonyl (C=O) groups is 2. The van der Waals surface area contributed by atoms with Crippen molar-refractivity contribution in [2.24, 2.45) is 11.8 Å². The van der Waals surface area contributed by atoms with E-state index >= 15 is 0 Å². The summed E-state index contributed by atoms with van der Waals surface area (Å²) in [6.07, 6.45) is 10.1. The summed E-state index contributed by atoms with van der Waals surface area (Å²) in [5.41, 5.74) is 1.18. The molecule has 5 heteroatoms. The smallest absolute Gasteiger partial charge is 0.415 e. The first kappa shape index (κ1) is 19.0. The summed E-state index contributed by atoms with van der Waals surface area (Å²) in [6, 6.07) is 7.84. The van der Waals surface area contributed by atoms with Gasteiger partial charge in [0.15, 0.2) is 0 Å². The molecule has 0 bridgehead atoms. The summed E-state index contributed by atoms with van der Waals surface area (Å²) in [5, 5.41) is 0. The first-order valence-electron chi connectivity index (χ1n) is 10.6. The molecule has 0 spiro atoms. The van der Waals surface area contributed by atoms with Gasteiger partial charge in [0.2, 0.25) is 0 Å². The first-order chi connectivity index (χ1) is 13.6. The molecule has 0 N–H and O–H groups in total. The number of carbonyl (C=O) groups excluding carboxylic acids is 2. The monoisotopic (exact) mass is 383 g/mol. The van der Waals surface area contributed by atoms with Gasteiger partial charge in [-0.25, -0.2) is 4.79 Å². The molecule has 1 heterocycles. The van der Waals surface area contributed by atoms with Gasteiger partial charge in [0, 0.05) is 5.92 Å². The van der Waals surface area contributed by atoms with E-state index in [2.05, 4.69) is 12.2 Å². The van der Waals surface area contributed by atoms with Gasteiger partial charge in [-0.05, 0) is 44.2 Å². The minimum atomic E-state index is -0.695. The molecule has 5 nitrogen and oxygen atoms in total. The molecule has 4 rings (SSSR count). The van der Waals surface area contributed by atoms with Gasteiger partial charge in [0.25, 0.3) is 0 Å². The Bertz CT molecular complexity index is 783. The van der Waals surface area contributed by atoms with E-state index in [1.807, 2.05) is 31.2 Å². The molecule has 0 unspecified atom stereocenters. The van der Waals surface area contributed by atoms with Crippen LogP contribution in [-0.2, 0) is 14.3 Å². The zero-order chi connectivity index (χ0) is 19.7. The molecule has 0 aromatic heterocycles. The van der Waals surface area contributed by atoms with Crippen molar-refractivity contribution < 1.29 is 19.1 Å². The Labute approximate surface area is 166 Å². The van der Waals surface area contributed by atoms with E-state index in [-0.39, 0.29) is 17.8 Å². The van der Waals surface area contributed by atoms with Crippen LogP contribution in [0.2, 0.25) is 0 Å². The Balaban J connectivity index is 1.74. The fourth-order valence-corrected chi connectivity index (χ4v) is 5.16. The molecule has 0 saturated heterocycles. The topological polar surface area (TPSA) is 55.8 Å². The fraction of sp³-hybridized carbons (Fsp3) is 0.565. The molecule has 2 fully saturated rings. The zero-order valence-corrected chi connectivity index (χ0v) is 16.7. The van der Waals surface area contributed by atoms with Gasteiger partial charge in [-0.3, -0.25) is 9.69 Å². The van der Waals surface area contributed by atoms with Gasteiger partial charge < -0.3 is 9.47 Å². The van der Waals surface area contributed by atoms with Crippen LogP contribution in [0.3, 0.4) is 0 Å². The Morgan fingerprint density at radius 1 is 1.11 bits per heavy atom. The van der Waals surface area contributed by atoms with Gasteiger partial charge in [-0.2, -0.15) is 0 Å². The van der Waals surface area contributed by atoms with Crippen LogP contribution in [0.15, 0.2) is 36.4 Å². The Hall–Kier alpha value is -2.30. The molecule has 3 aliphatic rings. The van der Waals surface area contributed by atoms with Crippen LogP contribution < -0.4 is 4.90 Å². The van der Waals surface area contributed by atoms with Crippen molar-refractivity contribution in [3.63, 3.8) is 0 Å². The number of esters is 1. The van der Waals surface area contributed by atoms with E-state index in [1.54, 1.807) is 11.8 Å². The average molecular weight is 383 g/mol. The number of benzene rings is 1. The Morgan fingerprint density at radius 2 is 1.82 bits per heavy atom. The second kappa shape index (κ2) is 7.61. The highest BCUT2D eigenvalue weighted by molar-refractivity contribution is 6.01. The van der Waals surface area contributed by atoms with Crippen molar-refractivity contribution >= 4 is 17.7 Å². The highest BCUT2D eigenvalue weighted by atomic mass is 16.6. The molecule has 1 aromatic rings. The van der Waals surface area contributed by atoms with Crippen LogP contribution in [0.4, 0.5) is 10.5 Å². The van der Waals surface area contributed by atoms with E-state index in [1.165, 1.54) is 32.1 Å². The number of para-hydroxylation sites is 1. The molecular formula is C23H29NO4. The summed E-state index contributed by atoms with van der Waals surface area (Å²) in [4.78, 5) is 27.4. The number of fused-ring (bicyclic) bond motifs is 3. The van der Waals surface area contributed by atoms with Gasteiger partial charge in [0.1, 0.15) is 0 Å². The maximum absolute atomic E-state index is 12.9. The molecule has 0 radical (unpaired) electrons. The standard InChI is InChI=1S/C23H29NO4/c1-3-27-21(25)20-19-17-12-8-9-13-18(17)24(22(26)28-4-2)23(19,20)15-14-16-10-6-5-7-11-16/h8-9,12-16,19-20H,3-7,10-11H2,1-2H3/b15-14+/t19-,20+,23-/m1/s1. The Kier molecular flexibility index (Phi) is 5.17. The van der Waals surface area contributed by atoms with Crippen LogP contribution in [0.5, 0.6) is 0 Å². The lowest BCUT2D eigenvalue weighted by atomic mass is 9.88. The number of rotatable bonds is 5. The van der Waals surface area contributed by atoms with Gasteiger partial charge in [-0.15, -0.1) is 0 Å². The number of ether oxygens (including phenoxy) is 2. The zero-order valence-electron chi connectivity index (χ0n) is 16.7. The third kappa shape index (κ3) is 2.92. The van der Waals surface area contributed by atoms with E-state index in [4.69, 9.17) is 9.47 Å². The summed E-state index contributed by atoms with van der Waals surface area (Å²) >= 11 is 0. The average Bonchev–Trinajstić information content (AvgIpc) is 3.28. The molecule has 28 heavy (non-hydrogen) atoms. The number of amides is 1. The predicted octanol–water partition coefficient (Wildman–Crippen LogP) is 4.81. The van der Waals surface area contributed by atoms with Crippen molar-refractivity contribution in [3.05, 3.63) is 42.0 Å². The molecule has 2 aliphatic carbocycles. The van der Waals surface area contributed by atoms with Crippen LogP contribution in [0.1, 0.15) is 57.4 Å². The second-order valence-electron chi connectivity index (χ2n) is 7.95. The van der Waals surface area contributed by atoms with E-state index in [0.717, 1.165) is 11.3 Å². The van der Waals surface area contributed by atoms with Crippen LogP contribution in [0.25, 0.3) is 0 Å². The van der Waals surface area contributed by atoms with Crippen molar-refractivity contribution in [3.8, 4) is 0 Å². The van der Waals surface area contributed by atoms with Crippen LogP contribution in [0, 0.1) is 11.8 Å². The fourth-order valence-electron chi connectivity index (χ4n) is 5.16. The van der Waals surface area contributed by atoms with Gasteiger partial charge in [0.05, 0.1) is 30.4 Å². The van der Waals surface area contributed by atoms with Crippen molar-refractivity contribution in [1.82, 2.24) is 0 Å². The van der Waals surface area contributed by atoms with E-state index < -0.39 is 11.6 Å². The summed E-state index contributed by atoms with van der Waals surface area (Å²) in [5.74, 6) is -0.150. The summed E-state index contributed by atoms with van der Waals surface area (Å²) < 4.78 is 10.8. The van der Waals surface area contributed by atoms with Crippen LogP contribution >= 0.6 is 0 Å². The molecular weight excluding hydrogens is 354 g/mol. The number of hydrogen-bond acceptors (Lipinski definition) is 4. The first-order valence-corrected chi connectivity index (χ1v) is 10.6. The largest absolute Gasteiger partial charge is 0.466 e. The highest BCUT2D eigenvalue weighted by Gasteiger charge is 2.77. The minimum absolute atomic E-state index is 0.0630. The van der Waals surface area contributed by atoms with Crippen molar-refractivity contribution in [2.75, 3.05) is 18.1 Å². The number of nitrogens with zero attached hydrogens (tertiary/aromatic N) is 1. The molecule has 1 aromatic carbocycles. The molecule has 3 atom stereocenters.